The summed E-state index contributed by atoms with van der Waals surface area (Å²) in [4.78, 5) is 14.9. The van der Waals surface area contributed by atoms with Crippen molar-refractivity contribution in [3.63, 3.8) is 0 Å². The van der Waals surface area contributed by atoms with Crippen LogP contribution in [0.1, 0.15) is 25.8 Å². The van der Waals surface area contributed by atoms with E-state index in [9.17, 15) is 4.79 Å². The van der Waals surface area contributed by atoms with Gasteiger partial charge in [0.2, 0.25) is 5.91 Å². The largest absolute Gasteiger partial charge is 0.383 e. The van der Waals surface area contributed by atoms with Crippen molar-refractivity contribution in [3.05, 3.63) is 48.0 Å². The molecule has 2 N–H and O–H groups in total. The summed E-state index contributed by atoms with van der Waals surface area (Å²) in [5.41, 5.74) is 1.30. The third-order valence-electron chi connectivity index (χ3n) is 5.37. The third kappa shape index (κ3) is 4.86. The number of ether oxygens (including phenoxy) is 1. The molecule has 0 spiro atoms. The zero-order valence-electron chi connectivity index (χ0n) is 16.6. The highest BCUT2D eigenvalue weighted by Crippen LogP contribution is 2.23. The Bertz CT molecular complexity index is 757. The summed E-state index contributed by atoms with van der Waals surface area (Å²) in [7, 11) is 1.65. The van der Waals surface area contributed by atoms with Gasteiger partial charge >= 0.3 is 0 Å². The second-order valence-electron chi connectivity index (χ2n) is 7.54. The number of nitrogens with zero attached hydrogens (tertiary/aromatic N) is 1. The summed E-state index contributed by atoms with van der Waals surface area (Å²) in [5, 5.41) is 9.23. The van der Waals surface area contributed by atoms with Crippen LogP contribution in [0.2, 0.25) is 0 Å². The molecule has 2 aromatic rings. The van der Waals surface area contributed by atoms with Crippen LogP contribution >= 0.6 is 0 Å². The Balaban J connectivity index is 1.63. The van der Waals surface area contributed by atoms with E-state index in [1.165, 1.54) is 16.3 Å². The smallest absolute Gasteiger partial charge is 0.237 e. The lowest BCUT2D eigenvalue weighted by Crippen LogP contribution is -2.46. The quantitative estimate of drug-likeness (QED) is 0.702. The van der Waals surface area contributed by atoms with Crippen molar-refractivity contribution in [2.24, 2.45) is 0 Å². The van der Waals surface area contributed by atoms with Crippen LogP contribution in [-0.2, 0) is 16.1 Å². The molecule has 27 heavy (non-hydrogen) atoms. The Hall–Kier alpha value is -1.95. The number of carbonyl (C=O) groups excluding carboxylic acids is 1. The molecule has 1 saturated heterocycles. The maximum Gasteiger partial charge on any atom is 0.237 e. The summed E-state index contributed by atoms with van der Waals surface area (Å²) in [6.07, 6.45) is 0.835. The number of hydrogen-bond donors (Lipinski definition) is 2. The van der Waals surface area contributed by atoms with Crippen LogP contribution in [0.15, 0.2) is 42.5 Å². The minimum atomic E-state index is -0.0770. The molecule has 5 heteroatoms. The number of nitrogens with one attached hydrogen (secondary N) is 2. The molecule has 0 aliphatic carbocycles. The summed E-state index contributed by atoms with van der Waals surface area (Å²) >= 11 is 0. The Morgan fingerprint density at radius 2 is 2.00 bits per heavy atom. The van der Waals surface area contributed by atoms with Gasteiger partial charge in [-0.15, -0.1) is 0 Å². The molecule has 1 aliphatic heterocycles. The fraction of sp³-hybridized carbons (Fsp3) is 0.500. The first-order valence-corrected chi connectivity index (χ1v) is 9.82. The van der Waals surface area contributed by atoms with Gasteiger partial charge < -0.3 is 15.4 Å². The summed E-state index contributed by atoms with van der Waals surface area (Å²) in [6, 6.07) is 15.5. The van der Waals surface area contributed by atoms with Crippen molar-refractivity contribution in [2.75, 3.05) is 26.8 Å². The van der Waals surface area contributed by atoms with E-state index in [-0.39, 0.29) is 11.9 Å². The molecule has 2 aromatic carbocycles. The molecule has 1 amide bonds. The fourth-order valence-electron chi connectivity index (χ4n) is 3.93. The molecular formula is C22H31N3O2. The van der Waals surface area contributed by atoms with Crippen molar-refractivity contribution in [3.8, 4) is 0 Å². The van der Waals surface area contributed by atoms with Crippen LogP contribution in [-0.4, -0.2) is 55.7 Å². The van der Waals surface area contributed by atoms with Crippen LogP contribution in [0.5, 0.6) is 0 Å². The van der Waals surface area contributed by atoms with Crippen molar-refractivity contribution >= 4 is 16.7 Å². The molecule has 0 bridgehead atoms. The highest BCUT2D eigenvalue weighted by molar-refractivity contribution is 5.85. The number of fused-ring (bicyclic) bond motifs is 1. The van der Waals surface area contributed by atoms with Crippen LogP contribution in [0.25, 0.3) is 10.8 Å². The van der Waals surface area contributed by atoms with Crippen molar-refractivity contribution in [1.82, 2.24) is 15.5 Å². The first-order chi connectivity index (χ1) is 13.1. The predicted molar refractivity (Wildman–Crippen MR) is 110 cm³/mol. The normalized spacial score (nSPS) is 20.4. The Morgan fingerprint density at radius 3 is 2.78 bits per heavy atom. The van der Waals surface area contributed by atoms with E-state index in [2.05, 4.69) is 71.8 Å². The zero-order valence-corrected chi connectivity index (χ0v) is 16.6. The Labute approximate surface area is 162 Å². The second kappa shape index (κ2) is 9.31. The van der Waals surface area contributed by atoms with E-state index in [4.69, 9.17) is 4.74 Å². The van der Waals surface area contributed by atoms with Crippen molar-refractivity contribution in [2.45, 2.75) is 44.9 Å². The maximum atomic E-state index is 12.6. The molecular weight excluding hydrogens is 338 g/mol. The van der Waals surface area contributed by atoms with E-state index < -0.39 is 0 Å². The number of carbonyl (C=O) groups is 1. The third-order valence-corrected chi connectivity index (χ3v) is 5.37. The average molecular weight is 370 g/mol. The first-order valence-electron chi connectivity index (χ1n) is 9.82. The minimum absolute atomic E-state index is 0.0770. The number of amides is 1. The number of hydrogen-bond acceptors (Lipinski definition) is 4. The minimum Gasteiger partial charge on any atom is -0.383 e. The monoisotopic (exact) mass is 369 g/mol. The number of rotatable bonds is 8. The molecule has 2 atom stereocenters. The van der Waals surface area contributed by atoms with Gasteiger partial charge in [0.25, 0.3) is 0 Å². The molecule has 0 saturated carbocycles. The van der Waals surface area contributed by atoms with Gasteiger partial charge in [0, 0.05) is 38.8 Å². The number of benzene rings is 2. The van der Waals surface area contributed by atoms with E-state index in [1.807, 2.05) is 0 Å². The lowest BCUT2D eigenvalue weighted by atomic mass is 10.0. The highest BCUT2D eigenvalue weighted by Gasteiger charge is 2.37. The van der Waals surface area contributed by atoms with Gasteiger partial charge in [-0.3, -0.25) is 9.69 Å². The van der Waals surface area contributed by atoms with Gasteiger partial charge in [-0.05, 0) is 36.6 Å². The topological polar surface area (TPSA) is 53.6 Å². The number of methoxy groups -OCH3 is 1. The molecule has 0 aromatic heterocycles. The first kappa shape index (κ1) is 19.8. The second-order valence-corrected chi connectivity index (χ2v) is 7.54. The van der Waals surface area contributed by atoms with Crippen molar-refractivity contribution < 1.29 is 9.53 Å². The van der Waals surface area contributed by atoms with E-state index in [0.29, 0.717) is 25.2 Å². The summed E-state index contributed by atoms with van der Waals surface area (Å²) < 4.78 is 5.03. The van der Waals surface area contributed by atoms with Gasteiger partial charge in [-0.25, -0.2) is 0 Å². The Morgan fingerprint density at radius 1 is 1.22 bits per heavy atom. The lowest BCUT2D eigenvalue weighted by Gasteiger charge is -2.27. The molecule has 0 unspecified atom stereocenters. The SMILES string of the molecule is COCCNC(=O)[C@@H]1C[C@@H](NCc2cccc3ccccc23)CN1C(C)C. The molecule has 0 radical (unpaired) electrons. The highest BCUT2D eigenvalue weighted by atomic mass is 16.5. The maximum absolute atomic E-state index is 12.6. The van der Waals surface area contributed by atoms with Gasteiger partial charge in [-0.1, -0.05) is 42.5 Å². The Kier molecular flexibility index (Phi) is 6.83. The van der Waals surface area contributed by atoms with Gasteiger partial charge in [0.1, 0.15) is 0 Å². The standard InChI is InChI=1S/C22H31N3O2/c1-16(2)25-15-19(13-21(25)22(26)23-11-12-27-3)24-14-18-9-6-8-17-7-4-5-10-20(17)18/h4-10,16,19,21,24H,11-15H2,1-3H3,(H,23,26)/t19-,21+/m1/s1. The zero-order chi connectivity index (χ0) is 19.2. The lowest BCUT2D eigenvalue weighted by molar-refractivity contribution is -0.126. The molecule has 146 valence electrons. The predicted octanol–water partition coefficient (Wildman–Crippen LogP) is 2.54. The van der Waals surface area contributed by atoms with Gasteiger partial charge in [-0.2, -0.15) is 0 Å². The van der Waals surface area contributed by atoms with Gasteiger partial charge in [0.15, 0.2) is 0 Å². The van der Waals surface area contributed by atoms with Crippen LogP contribution in [0.3, 0.4) is 0 Å². The molecule has 3 rings (SSSR count). The van der Waals surface area contributed by atoms with Crippen LogP contribution in [0.4, 0.5) is 0 Å². The average Bonchev–Trinajstić information content (AvgIpc) is 3.11. The molecule has 1 fully saturated rings. The van der Waals surface area contributed by atoms with Crippen molar-refractivity contribution in [1.29, 1.82) is 0 Å². The molecule has 1 aliphatic rings. The fourth-order valence-corrected chi connectivity index (χ4v) is 3.93. The summed E-state index contributed by atoms with van der Waals surface area (Å²) in [6.45, 7) is 7.13. The van der Waals surface area contributed by atoms with E-state index >= 15 is 0 Å². The summed E-state index contributed by atoms with van der Waals surface area (Å²) in [5.74, 6) is 0.107. The van der Waals surface area contributed by atoms with Gasteiger partial charge in [0.05, 0.1) is 12.6 Å². The number of likely N-dealkylation sites (tertiary alicyclic amines) is 1. The molecule has 1 heterocycles. The molecule has 5 nitrogen and oxygen atoms in total. The van der Waals surface area contributed by atoms with Crippen LogP contribution in [0, 0.1) is 0 Å². The van der Waals surface area contributed by atoms with E-state index in [1.54, 1.807) is 7.11 Å². The van der Waals surface area contributed by atoms with Crippen LogP contribution < -0.4 is 10.6 Å². The van der Waals surface area contributed by atoms with E-state index in [0.717, 1.165) is 19.5 Å².